The number of hydrogen-bond donors (Lipinski definition) is 0. The van der Waals surface area contributed by atoms with Crippen LogP contribution in [-0.2, 0) is 22.6 Å². The van der Waals surface area contributed by atoms with E-state index in [0.717, 1.165) is 45.5 Å². The number of pyridine rings is 1. The Morgan fingerprint density at radius 3 is 2.56 bits per heavy atom. The molecule has 2 aliphatic heterocycles. The fraction of sp³-hybridized carbons (Fsp3) is 0.476. The molecule has 4 heteroatoms. The van der Waals surface area contributed by atoms with E-state index in [9.17, 15) is 0 Å². The van der Waals surface area contributed by atoms with E-state index in [-0.39, 0.29) is 11.7 Å². The number of aromatic nitrogens is 1. The Morgan fingerprint density at radius 2 is 1.80 bits per heavy atom. The lowest BCUT2D eigenvalue weighted by Gasteiger charge is -2.38. The summed E-state index contributed by atoms with van der Waals surface area (Å²) < 4.78 is 12.3. The highest BCUT2D eigenvalue weighted by Crippen LogP contribution is 2.37. The van der Waals surface area contributed by atoms with E-state index in [1.165, 1.54) is 11.1 Å². The zero-order valence-electron chi connectivity index (χ0n) is 14.6. The van der Waals surface area contributed by atoms with Gasteiger partial charge in [-0.2, -0.15) is 0 Å². The van der Waals surface area contributed by atoms with Crippen LogP contribution in [0.5, 0.6) is 0 Å². The number of piperidine rings is 1. The number of rotatable bonds is 5. The fourth-order valence-electron chi connectivity index (χ4n) is 3.91. The number of nitrogens with zero attached hydrogens (tertiary/aromatic N) is 2. The highest BCUT2D eigenvalue weighted by atomic mass is 16.6. The molecule has 0 bridgehead atoms. The van der Waals surface area contributed by atoms with Gasteiger partial charge >= 0.3 is 0 Å². The molecule has 25 heavy (non-hydrogen) atoms. The summed E-state index contributed by atoms with van der Waals surface area (Å²) in [7, 11) is 0. The fourth-order valence-corrected chi connectivity index (χ4v) is 3.91. The standard InChI is InChI=1S/C21H26N2O2/c1-2-4-19(5-3-1)16-24-20-14-21(25-17-20)8-12-23(13-9-21)15-18-6-10-22-11-7-18/h1-7,10-11,20H,8-9,12-17H2/t20-/m1/s1. The van der Waals surface area contributed by atoms with Crippen LogP contribution in [0.15, 0.2) is 54.9 Å². The first-order valence-electron chi connectivity index (χ1n) is 9.22. The van der Waals surface area contributed by atoms with Crippen molar-refractivity contribution >= 4 is 0 Å². The molecule has 0 aliphatic carbocycles. The maximum absolute atomic E-state index is 6.22. The molecule has 2 fully saturated rings. The van der Waals surface area contributed by atoms with Crippen LogP contribution >= 0.6 is 0 Å². The van der Waals surface area contributed by atoms with E-state index in [1.807, 2.05) is 18.5 Å². The van der Waals surface area contributed by atoms with E-state index in [4.69, 9.17) is 9.47 Å². The topological polar surface area (TPSA) is 34.6 Å². The van der Waals surface area contributed by atoms with Crippen LogP contribution in [0, 0.1) is 0 Å². The van der Waals surface area contributed by atoms with E-state index < -0.39 is 0 Å². The Morgan fingerprint density at radius 1 is 1.04 bits per heavy atom. The number of likely N-dealkylation sites (tertiary alicyclic amines) is 1. The second-order valence-corrected chi connectivity index (χ2v) is 7.25. The monoisotopic (exact) mass is 338 g/mol. The van der Waals surface area contributed by atoms with Crippen molar-refractivity contribution in [2.24, 2.45) is 0 Å². The molecule has 0 N–H and O–H groups in total. The predicted octanol–water partition coefficient (Wildman–Crippen LogP) is 3.42. The molecular formula is C21H26N2O2. The minimum Gasteiger partial charge on any atom is -0.372 e. The molecule has 132 valence electrons. The van der Waals surface area contributed by atoms with Gasteiger partial charge in [-0.25, -0.2) is 0 Å². The van der Waals surface area contributed by atoms with E-state index in [2.05, 4.69) is 46.3 Å². The van der Waals surface area contributed by atoms with Crippen LogP contribution in [0.4, 0.5) is 0 Å². The molecule has 3 heterocycles. The molecular weight excluding hydrogens is 312 g/mol. The van der Waals surface area contributed by atoms with Crippen molar-refractivity contribution in [3.05, 3.63) is 66.0 Å². The average Bonchev–Trinajstić information content (AvgIpc) is 3.07. The number of benzene rings is 1. The van der Waals surface area contributed by atoms with Crippen LogP contribution in [0.1, 0.15) is 30.4 Å². The van der Waals surface area contributed by atoms with Gasteiger partial charge in [0, 0.05) is 38.4 Å². The van der Waals surface area contributed by atoms with Gasteiger partial charge in [0.05, 0.1) is 24.9 Å². The van der Waals surface area contributed by atoms with Crippen LogP contribution in [-0.4, -0.2) is 41.3 Å². The molecule has 1 aromatic heterocycles. The van der Waals surface area contributed by atoms with Crippen LogP contribution in [0.2, 0.25) is 0 Å². The van der Waals surface area contributed by atoms with Gasteiger partial charge in [0.1, 0.15) is 0 Å². The Hall–Kier alpha value is -1.75. The first-order valence-corrected chi connectivity index (χ1v) is 9.22. The second kappa shape index (κ2) is 7.65. The predicted molar refractivity (Wildman–Crippen MR) is 97.1 cm³/mol. The lowest BCUT2D eigenvalue weighted by Crippen LogP contribution is -2.43. The average molecular weight is 338 g/mol. The van der Waals surface area contributed by atoms with E-state index >= 15 is 0 Å². The van der Waals surface area contributed by atoms with Crippen molar-refractivity contribution in [2.45, 2.75) is 44.1 Å². The summed E-state index contributed by atoms with van der Waals surface area (Å²) in [5.41, 5.74) is 2.61. The highest BCUT2D eigenvalue weighted by molar-refractivity contribution is 5.13. The van der Waals surface area contributed by atoms with Gasteiger partial charge in [-0.1, -0.05) is 30.3 Å². The molecule has 0 unspecified atom stereocenters. The van der Waals surface area contributed by atoms with Crippen LogP contribution in [0.25, 0.3) is 0 Å². The third-order valence-electron chi connectivity index (χ3n) is 5.43. The normalized spacial score (nSPS) is 23.1. The van der Waals surface area contributed by atoms with Gasteiger partial charge in [-0.05, 0) is 36.1 Å². The summed E-state index contributed by atoms with van der Waals surface area (Å²) >= 11 is 0. The summed E-state index contributed by atoms with van der Waals surface area (Å²) in [4.78, 5) is 6.61. The van der Waals surface area contributed by atoms with Gasteiger partial charge in [-0.3, -0.25) is 9.88 Å². The first-order chi connectivity index (χ1) is 12.3. The third-order valence-corrected chi connectivity index (χ3v) is 5.43. The van der Waals surface area contributed by atoms with Gasteiger partial charge in [0.15, 0.2) is 0 Å². The van der Waals surface area contributed by atoms with Crippen molar-refractivity contribution in [3.8, 4) is 0 Å². The van der Waals surface area contributed by atoms with E-state index in [1.54, 1.807) is 0 Å². The third kappa shape index (κ3) is 4.27. The molecule has 1 atom stereocenters. The highest BCUT2D eigenvalue weighted by Gasteiger charge is 2.43. The molecule has 2 aromatic rings. The SMILES string of the molecule is c1ccc(CO[C@H]2COC3(CCN(Cc4ccncc4)CC3)C2)cc1. The van der Waals surface area contributed by atoms with Crippen LogP contribution < -0.4 is 0 Å². The Labute approximate surface area is 149 Å². The second-order valence-electron chi connectivity index (χ2n) is 7.25. The molecule has 4 rings (SSSR count). The smallest absolute Gasteiger partial charge is 0.0840 e. The van der Waals surface area contributed by atoms with Crippen molar-refractivity contribution in [1.82, 2.24) is 9.88 Å². The van der Waals surface area contributed by atoms with Gasteiger partial charge < -0.3 is 9.47 Å². The molecule has 2 aliphatic rings. The lowest BCUT2D eigenvalue weighted by atomic mass is 9.88. The van der Waals surface area contributed by atoms with Crippen molar-refractivity contribution in [1.29, 1.82) is 0 Å². The van der Waals surface area contributed by atoms with Gasteiger partial charge in [0.2, 0.25) is 0 Å². The zero-order valence-corrected chi connectivity index (χ0v) is 14.6. The molecule has 4 nitrogen and oxygen atoms in total. The lowest BCUT2D eigenvalue weighted by molar-refractivity contribution is -0.0468. The maximum atomic E-state index is 6.22. The maximum Gasteiger partial charge on any atom is 0.0840 e. The molecule has 1 spiro atoms. The first kappa shape index (κ1) is 16.7. The summed E-state index contributed by atoms with van der Waals surface area (Å²) in [6.07, 6.45) is 7.20. The minimum absolute atomic E-state index is 0.0378. The Balaban J connectivity index is 1.24. The van der Waals surface area contributed by atoms with Gasteiger partial charge in [-0.15, -0.1) is 0 Å². The molecule has 1 aromatic carbocycles. The minimum atomic E-state index is 0.0378. The van der Waals surface area contributed by atoms with Gasteiger partial charge in [0.25, 0.3) is 0 Å². The number of ether oxygens (including phenoxy) is 2. The Bertz CT molecular complexity index is 654. The van der Waals surface area contributed by atoms with Crippen molar-refractivity contribution < 1.29 is 9.47 Å². The van der Waals surface area contributed by atoms with Crippen LogP contribution in [0.3, 0.4) is 0 Å². The van der Waals surface area contributed by atoms with E-state index in [0.29, 0.717) is 6.61 Å². The summed E-state index contributed by atoms with van der Waals surface area (Å²) in [6.45, 7) is 4.60. The number of hydrogen-bond acceptors (Lipinski definition) is 4. The summed E-state index contributed by atoms with van der Waals surface area (Å²) in [5, 5.41) is 0. The molecule has 0 saturated carbocycles. The summed E-state index contributed by atoms with van der Waals surface area (Å²) in [6, 6.07) is 14.6. The molecule has 2 saturated heterocycles. The largest absolute Gasteiger partial charge is 0.372 e. The molecule has 0 amide bonds. The zero-order chi connectivity index (χ0) is 17.0. The molecule has 0 radical (unpaired) electrons. The van der Waals surface area contributed by atoms with Crippen molar-refractivity contribution in [2.75, 3.05) is 19.7 Å². The van der Waals surface area contributed by atoms with Crippen molar-refractivity contribution in [3.63, 3.8) is 0 Å². The Kier molecular flexibility index (Phi) is 5.11. The quantitative estimate of drug-likeness (QED) is 0.837. The summed E-state index contributed by atoms with van der Waals surface area (Å²) in [5.74, 6) is 0.